The van der Waals surface area contributed by atoms with Crippen molar-refractivity contribution in [3.63, 3.8) is 0 Å². The number of carbonyl (C=O) groups is 2. The predicted molar refractivity (Wildman–Crippen MR) is 83.3 cm³/mol. The fraction of sp³-hybridized carbons (Fsp3) is 0.500. The standard InChI is InChI=1S/C16H23N3O2/c1-16(2,3)18-14(20)11-5-7-12(8-6-11)17-13-9-10-19(4)15(13)21/h5-8,13,17H,9-10H2,1-4H3,(H,18,20). The van der Waals surface area contributed by atoms with Crippen molar-refractivity contribution in [1.82, 2.24) is 10.2 Å². The Morgan fingerprint density at radius 3 is 2.33 bits per heavy atom. The predicted octanol–water partition coefficient (Wildman–Crippen LogP) is 1.86. The summed E-state index contributed by atoms with van der Waals surface area (Å²) in [5.41, 5.74) is 1.22. The summed E-state index contributed by atoms with van der Waals surface area (Å²) in [6.45, 7) is 6.62. The van der Waals surface area contributed by atoms with Crippen molar-refractivity contribution in [2.24, 2.45) is 0 Å². The first kappa shape index (κ1) is 15.4. The van der Waals surface area contributed by atoms with Crippen LogP contribution in [0.5, 0.6) is 0 Å². The molecule has 114 valence electrons. The number of hydrogen-bond donors (Lipinski definition) is 2. The lowest BCUT2D eigenvalue weighted by atomic mass is 10.1. The molecule has 1 saturated heterocycles. The number of carbonyl (C=O) groups excluding carboxylic acids is 2. The molecule has 0 bridgehead atoms. The van der Waals surface area contributed by atoms with Gasteiger partial charge in [0.05, 0.1) is 0 Å². The van der Waals surface area contributed by atoms with Crippen molar-refractivity contribution < 1.29 is 9.59 Å². The number of rotatable bonds is 3. The number of anilines is 1. The number of nitrogens with one attached hydrogen (secondary N) is 2. The van der Waals surface area contributed by atoms with Crippen LogP contribution in [0.3, 0.4) is 0 Å². The second-order valence-electron chi connectivity index (χ2n) is 6.53. The van der Waals surface area contributed by atoms with Crippen LogP contribution in [0.4, 0.5) is 5.69 Å². The second-order valence-corrected chi connectivity index (χ2v) is 6.53. The molecular formula is C16H23N3O2. The molecule has 2 amide bonds. The van der Waals surface area contributed by atoms with Crippen molar-refractivity contribution in [2.75, 3.05) is 18.9 Å². The van der Waals surface area contributed by atoms with Crippen molar-refractivity contribution in [2.45, 2.75) is 38.8 Å². The Hall–Kier alpha value is -2.04. The molecule has 0 saturated carbocycles. The summed E-state index contributed by atoms with van der Waals surface area (Å²) in [5.74, 6) is 0.0234. The maximum absolute atomic E-state index is 12.0. The smallest absolute Gasteiger partial charge is 0.251 e. The molecule has 2 rings (SSSR count). The van der Waals surface area contributed by atoms with Crippen LogP contribution in [0.15, 0.2) is 24.3 Å². The number of amides is 2. The highest BCUT2D eigenvalue weighted by Crippen LogP contribution is 2.17. The van der Waals surface area contributed by atoms with Gasteiger partial charge in [0.1, 0.15) is 6.04 Å². The molecule has 1 aromatic rings. The van der Waals surface area contributed by atoms with Crippen molar-refractivity contribution in [1.29, 1.82) is 0 Å². The molecule has 1 aliphatic heterocycles. The van der Waals surface area contributed by atoms with Crippen molar-refractivity contribution >= 4 is 17.5 Å². The maximum atomic E-state index is 12.0. The summed E-state index contributed by atoms with van der Waals surface area (Å²) >= 11 is 0. The summed E-state index contributed by atoms with van der Waals surface area (Å²) in [6, 6.07) is 7.05. The minimum atomic E-state index is -0.255. The number of benzene rings is 1. The molecule has 1 fully saturated rings. The minimum Gasteiger partial charge on any atom is -0.374 e. The Morgan fingerprint density at radius 1 is 1.24 bits per heavy atom. The molecule has 5 heteroatoms. The number of likely N-dealkylation sites (N-methyl/N-ethyl adjacent to an activating group) is 1. The summed E-state index contributed by atoms with van der Waals surface area (Å²) in [4.78, 5) is 25.6. The summed E-state index contributed by atoms with van der Waals surface area (Å²) in [6.07, 6.45) is 0.807. The highest BCUT2D eigenvalue weighted by atomic mass is 16.2. The van der Waals surface area contributed by atoms with Gasteiger partial charge in [0.15, 0.2) is 0 Å². The van der Waals surface area contributed by atoms with Gasteiger partial charge < -0.3 is 15.5 Å². The van der Waals surface area contributed by atoms with Gasteiger partial charge in [-0.05, 0) is 51.5 Å². The van der Waals surface area contributed by atoms with Gasteiger partial charge in [-0.1, -0.05) is 0 Å². The fourth-order valence-electron chi connectivity index (χ4n) is 2.29. The molecule has 0 radical (unpaired) electrons. The van der Waals surface area contributed by atoms with Gasteiger partial charge >= 0.3 is 0 Å². The lowest BCUT2D eigenvalue weighted by Crippen LogP contribution is -2.40. The zero-order chi connectivity index (χ0) is 15.6. The van der Waals surface area contributed by atoms with Crippen LogP contribution in [0.25, 0.3) is 0 Å². The van der Waals surface area contributed by atoms with Crippen molar-refractivity contribution in [3.8, 4) is 0 Å². The molecule has 1 aromatic carbocycles. The van der Waals surface area contributed by atoms with E-state index in [0.29, 0.717) is 5.56 Å². The Labute approximate surface area is 125 Å². The van der Waals surface area contributed by atoms with Crippen LogP contribution < -0.4 is 10.6 Å². The third-order valence-electron chi connectivity index (χ3n) is 3.40. The maximum Gasteiger partial charge on any atom is 0.251 e. The van der Waals surface area contributed by atoms with E-state index in [1.807, 2.05) is 40.0 Å². The van der Waals surface area contributed by atoms with Crippen LogP contribution in [0, 0.1) is 0 Å². The average Bonchev–Trinajstić information content (AvgIpc) is 2.69. The van der Waals surface area contributed by atoms with E-state index in [1.54, 1.807) is 17.0 Å². The van der Waals surface area contributed by atoms with E-state index in [2.05, 4.69) is 10.6 Å². The molecule has 0 aromatic heterocycles. The molecule has 21 heavy (non-hydrogen) atoms. The van der Waals surface area contributed by atoms with Crippen molar-refractivity contribution in [3.05, 3.63) is 29.8 Å². The topological polar surface area (TPSA) is 61.4 Å². The lowest BCUT2D eigenvalue weighted by Gasteiger charge is -2.20. The molecule has 0 spiro atoms. The quantitative estimate of drug-likeness (QED) is 0.893. The molecule has 1 unspecified atom stereocenters. The van der Waals surface area contributed by atoms with E-state index >= 15 is 0 Å². The number of hydrogen-bond acceptors (Lipinski definition) is 3. The van der Waals surface area contributed by atoms with Gasteiger partial charge in [0, 0.05) is 30.4 Å². The summed E-state index contributed by atoms with van der Waals surface area (Å²) in [7, 11) is 1.81. The average molecular weight is 289 g/mol. The molecule has 1 atom stereocenters. The van der Waals surface area contributed by atoms with Crippen LogP contribution in [0.2, 0.25) is 0 Å². The van der Waals surface area contributed by atoms with E-state index in [9.17, 15) is 9.59 Å². The van der Waals surface area contributed by atoms with E-state index in [4.69, 9.17) is 0 Å². The van der Waals surface area contributed by atoms with Gasteiger partial charge in [-0.25, -0.2) is 0 Å². The Kier molecular flexibility index (Phi) is 4.21. The minimum absolute atomic E-state index is 0.0919. The highest BCUT2D eigenvalue weighted by molar-refractivity contribution is 5.95. The molecular weight excluding hydrogens is 266 g/mol. The third kappa shape index (κ3) is 3.97. The first-order valence-electron chi connectivity index (χ1n) is 7.20. The van der Waals surface area contributed by atoms with Gasteiger partial charge in [0.25, 0.3) is 5.91 Å². The van der Waals surface area contributed by atoms with Crippen LogP contribution in [-0.4, -0.2) is 41.9 Å². The Balaban J connectivity index is 1.99. The van der Waals surface area contributed by atoms with Gasteiger partial charge in [0.2, 0.25) is 5.91 Å². The molecule has 5 nitrogen and oxygen atoms in total. The van der Waals surface area contributed by atoms with Gasteiger partial charge in [-0.15, -0.1) is 0 Å². The fourth-order valence-corrected chi connectivity index (χ4v) is 2.29. The zero-order valence-electron chi connectivity index (χ0n) is 13.1. The van der Waals surface area contributed by atoms with Gasteiger partial charge in [-0.2, -0.15) is 0 Å². The summed E-state index contributed by atoms with van der Waals surface area (Å²) in [5, 5.41) is 6.13. The molecule has 2 N–H and O–H groups in total. The highest BCUT2D eigenvalue weighted by Gasteiger charge is 2.28. The van der Waals surface area contributed by atoms with E-state index in [1.165, 1.54) is 0 Å². The van der Waals surface area contributed by atoms with Crippen LogP contribution in [0.1, 0.15) is 37.6 Å². The monoisotopic (exact) mass is 289 g/mol. The Morgan fingerprint density at radius 2 is 1.86 bits per heavy atom. The van der Waals surface area contributed by atoms with E-state index in [0.717, 1.165) is 18.7 Å². The van der Waals surface area contributed by atoms with Crippen LogP contribution >= 0.6 is 0 Å². The molecule has 0 aliphatic carbocycles. The molecule has 1 aliphatic rings. The SMILES string of the molecule is CN1CCC(Nc2ccc(C(=O)NC(C)(C)C)cc2)C1=O. The van der Waals surface area contributed by atoms with E-state index < -0.39 is 0 Å². The molecule has 1 heterocycles. The normalized spacial score (nSPS) is 18.8. The largest absolute Gasteiger partial charge is 0.374 e. The number of nitrogens with zero attached hydrogens (tertiary/aromatic N) is 1. The summed E-state index contributed by atoms with van der Waals surface area (Å²) < 4.78 is 0. The first-order chi connectivity index (χ1) is 9.76. The zero-order valence-corrected chi connectivity index (χ0v) is 13.1. The third-order valence-corrected chi connectivity index (χ3v) is 3.40. The first-order valence-corrected chi connectivity index (χ1v) is 7.20. The number of likely N-dealkylation sites (tertiary alicyclic amines) is 1. The van der Waals surface area contributed by atoms with Gasteiger partial charge in [-0.3, -0.25) is 9.59 Å². The Bertz CT molecular complexity index is 531. The second kappa shape index (κ2) is 5.76. The van der Waals surface area contributed by atoms with Crippen LogP contribution in [-0.2, 0) is 4.79 Å². The lowest BCUT2D eigenvalue weighted by molar-refractivity contribution is -0.127. The van der Waals surface area contributed by atoms with E-state index in [-0.39, 0.29) is 23.4 Å².